The van der Waals surface area contributed by atoms with E-state index >= 15 is 0 Å². The Balaban J connectivity index is 4.99. The molecule has 0 aliphatic heterocycles. The maximum atomic E-state index is 12.2. The molecule has 2 atom stereocenters. The summed E-state index contributed by atoms with van der Waals surface area (Å²) in [6, 6.07) is 0. The molecular weight excluding hydrogens is 398 g/mol. The molecule has 0 fully saturated rings. The van der Waals surface area contributed by atoms with Gasteiger partial charge in [0.15, 0.2) is 16.6 Å². The van der Waals surface area contributed by atoms with E-state index in [1.807, 2.05) is 20.4 Å². The average Bonchev–Trinajstić information content (AvgIpc) is 2.44. The third-order valence-corrected chi connectivity index (χ3v) is 13.1. The first-order valence-corrected chi connectivity index (χ1v) is 18.6. The van der Waals surface area contributed by atoms with Crippen molar-refractivity contribution in [2.75, 3.05) is 6.61 Å². The zero-order valence-corrected chi connectivity index (χ0v) is 21.7. The van der Waals surface area contributed by atoms with Gasteiger partial charge in [0.05, 0.1) is 12.3 Å². The van der Waals surface area contributed by atoms with Crippen LogP contribution < -0.4 is 5.32 Å². The molecule has 0 saturated heterocycles. The largest absolute Gasteiger partial charge is 0.438 e. The van der Waals surface area contributed by atoms with Crippen LogP contribution in [0.2, 0.25) is 45.8 Å². The highest BCUT2D eigenvalue weighted by atomic mass is 28.5. The van der Waals surface area contributed by atoms with Crippen LogP contribution in [0.3, 0.4) is 0 Å². The molecule has 0 aromatic heterocycles. The highest BCUT2D eigenvalue weighted by Crippen LogP contribution is 2.25. The number of carbonyl (C=O) groups is 1. The van der Waals surface area contributed by atoms with Gasteiger partial charge in [-0.25, -0.2) is 4.79 Å². The van der Waals surface area contributed by atoms with Crippen molar-refractivity contribution in [3.05, 3.63) is 12.2 Å². The van der Waals surface area contributed by atoms with E-state index in [-0.39, 0.29) is 5.67 Å². The molecule has 10 heteroatoms. The topological polar surface area (TPSA) is 75.3 Å². The Morgan fingerprint density at radius 3 is 1.89 bits per heavy atom. The van der Waals surface area contributed by atoms with E-state index in [2.05, 4.69) is 51.2 Å². The zero-order valence-electron chi connectivity index (χ0n) is 18.7. The van der Waals surface area contributed by atoms with Gasteiger partial charge in [0.25, 0.3) is 0 Å². The first-order valence-electron chi connectivity index (χ1n) is 9.38. The lowest BCUT2D eigenvalue weighted by Crippen LogP contribution is -2.64. The zero-order chi connectivity index (χ0) is 21.5. The summed E-state index contributed by atoms with van der Waals surface area (Å²) in [5, 5.41) is 2.87. The van der Waals surface area contributed by atoms with Gasteiger partial charge in [-0.3, -0.25) is 4.89 Å². The van der Waals surface area contributed by atoms with Gasteiger partial charge in [0.1, 0.15) is 0 Å². The second kappa shape index (κ2) is 10.9. The average molecular weight is 438 g/mol. The second-order valence-electron chi connectivity index (χ2n) is 8.85. The molecule has 7 nitrogen and oxygen atoms in total. The Hall–Kier alpha value is -0.499. The minimum atomic E-state index is -2.69. The predicted molar refractivity (Wildman–Crippen MR) is 115 cm³/mol. The van der Waals surface area contributed by atoms with E-state index in [0.29, 0.717) is 13.0 Å². The summed E-state index contributed by atoms with van der Waals surface area (Å²) in [6.07, 6.45) is -0.688. The molecule has 2 unspecified atom stereocenters. The Morgan fingerprint density at radius 1 is 1.04 bits per heavy atom. The Morgan fingerprint density at radius 2 is 1.52 bits per heavy atom. The van der Waals surface area contributed by atoms with Crippen LogP contribution in [-0.2, 0) is 22.7 Å². The lowest BCUT2D eigenvalue weighted by atomic mass is 10.4. The van der Waals surface area contributed by atoms with Crippen LogP contribution in [0.1, 0.15) is 27.2 Å². The molecule has 1 amide bonds. The van der Waals surface area contributed by atoms with Crippen molar-refractivity contribution < 1.29 is 27.5 Å². The number of carbonyl (C=O) groups excluding carboxylic acids is 1. The van der Waals surface area contributed by atoms with Gasteiger partial charge in [0.2, 0.25) is 6.29 Å². The molecule has 0 radical (unpaired) electrons. The number of hydrogen-bond donors (Lipinski definition) is 1. The van der Waals surface area contributed by atoms with Gasteiger partial charge >= 0.3 is 14.7 Å². The van der Waals surface area contributed by atoms with Crippen molar-refractivity contribution in [1.29, 1.82) is 0 Å². The van der Waals surface area contributed by atoms with Crippen molar-refractivity contribution in [1.82, 2.24) is 5.32 Å². The molecule has 0 aromatic rings. The Bertz CT molecular complexity index is 474. The third kappa shape index (κ3) is 12.5. The lowest BCUT2D eigenvalue weighted by Gasteiger charge is -2.42. The molecule has 0 aromatic carbocycles. The van der Waals surface area contributed by atoms with E-state index < -0.39 is 37.6 Å². The van der Waals surface area contributed by atoms with Crippen molar-refractivity contribution in [3.8, 4) is 0 Å². The van der Waals surface area contributed by atoms with Crippen molar-refractivity contribution in [2.24, 2.45) is 0 Å². The quantitative estimate of drug-likeness (QED) is 0.157. The van der Waals surface area contributed by atoms with E-state index in [4.69, 9.17) is 22.7 Å². The van der Waals surface area contributed by atoms with Crippen LogP contribution in [0.25, 0.3) is 0 Å². The van der Waals surface area contributed by atoms with Crippen LogP contribution in [0.5, 0.6) is 0 Å². The maximum Gasteiger partial charge on any atom is 0.438 e. The van der Waals surface area contributed by atoms with Crippen molar-refractivity contribution >= 4 is 31.3 Å². The molecule has 0 aliphatic carbocycles. The van der Waals surface area contributed by atoms with Crippen LogP contribution in [0.15, 0.2) is 12.2 Å². The Kier molecular flexibility index (Phi) is 10.7. The van der Waals surface area contributed by atoms with Crippen LogP contribution in [-0.4, -0.2) is 49.9 Å². The van der Waals surface area contributed by atoms with Crippen molar-refractivity contribution in [2.45, 2.75) is 85.0 Å². The fourth-order valence-corrected chi connectivity index (χ4v) is 15.1. The second-order valence-corrected chi connectivity index (χ2v) is 21.7. The monoisotopic (exact) mass is 437 g/mol. The summed E-state index contributed by atoms with van der Waals surface area (Å²) in [7, 11) is -6.43. The molecule has 0 aliphatic rings. The molecular formula is C17H39NO6Si3. The van der Waals surface area contributed by atoms with E-state index in [9.17, 15) is 4.79 Å². The number of amides is 1. The van der Waals surface area contributed by atoms with Gasteiger partial charge in [-0.1, -0.05) is 19.1 Å². The summed E-state index contributed by atoms with van der Waals surface area (Å²) in [6.45, 7) is 24.3. The smallest absolute Gasteiger partial charge is 0.435 e. The van der Waals surface area contributed by atoms with Gasteiger partial charge in [-0.2, -0.15) is 4.89 Å². The third-order valence-electron chi connectivity index (χ3n) is 3.17. The number of ether oxygens (including phenoxy) is 1. The molecule has 0 rings (SSSR count). The van der Waals surface area contributed by atoms with Gasteiger partial charge < -0.3 is 18.3 Å². The van der Waals surface area contributed by atoms with E-state index in [1.165, 1.54) is 0 Å². The molecule has 0 heterocycles. The van der Waals surface area contributed by atoms with E-state index in [1.54, 1.807) is 6.92 Å². The molecule has 160 valence electrons. The predicted octanol–water partition coefficient (Wildman–Crippen LogP) is 4.68. The first-order chi connectivity index (χ1) is 12.1. The number of hydrogen-bond acceptors (Lipinski definition) is 6. The van der Waals surface area contributed by atoms with Gasteiger partial charge in [-0.05, 0) is 66.1 Å². The van der Waals surface area contributed by atoms with E-state index in [0.717, 1.165) is 5.57 Å². The van der Waals surface area contributed by atoms with Crippen molar-refractivity contribution in [3.63, 3.8) is 0 Å². The lowest BCUT2D eigenvalue weighted by molar-refractivity contribution is -0.331. The van der Waals surface area contributed by atoms with Crippen LogP contribution >= 0.6 is 0 Å². The molecule has 1 N–H and O–H groups in total. The molecule has 0 spiro atoms. The summed E-state index contributed by atoms with van der Waals surface area (Å²) in [4.78, 5) is 22.1. The standard InChI is InChI=1S/C17H39NO6Si3/c1-12-16(18-17(19)22-21-15(4)20-13-14(2)3)27(11,23-25(5,6)7)24-26(8,9)10/h15-16H,2,12-13H2,1,3-11H3,(H,18,19). The molecule has 27 heavy (non-hydrogen) atoms. The first kappa shape index (κ1) is 26.5. The maximum absolute atomic E-state index is 12.2. The normalized spacial score (nSPS) is 15.2. The van der Waals surface area contributed by atoms with Crippen LogP contribution in [0.4, 0.5) is 4.79 Å². The Labute approximate surface area is 168 Å². The fourth-order valence-electron chi connectivity index (χ4n) is 2.55. The molecule has 0 saturated carbocycles. The van der Waals surface area contributed by atoms with Crippen LogP contribution in [0, 0.1) is 0 Å². The highest BCUT2D eigenvalue weighted by Gasteiger charge is 2.47. The van der Waals surface area contributed by atoms with Gasteiger partial charge in [-0.15, -0.1) is 0 Å². The minimum absolute atomic E-state index is 0.251. The summed E-state index contributed by atoms with van der Waals surface area (Å²) >= 11 is 0. The molecule has 0 bridgehead atoms. The SMILES string of the molecule is C=C(C)COC(C)OOC(=O)NC(CC)[Si](C)(O[Si](C)(C)C)O[Si](C)(C)C. The minimum Gasteiger partial charge on any atom is -0.435 e. The highest BCUT2D eigenvalue weighted by molar-refractivity contribution is 6.88. The summed E-state index contributed by atoms with van der Waals surface area (Å²) in [5.74, 6) is 0. The summed E-state index contributed by atoms with van der Waals surface area (Å²) < 4.78 is 18.3. The number of rotatable bonds is 12. The summed E-state index contributed by atoms with van der Waals surface area (Å²) in [5.41, 5.74) is 0.605. The number of nitrogens with one attached hydrogen (secondary N) is 1. The van der Waals surface area contributed by atoms with Gasteiger partial charge in [0, 0.05) is 0 Å². The fraction of sp³-hybridized carbons (Fsp3) is 0.824.